The lowest BCUT2D eigenvalue weighted by atomic mass is 10.0. The second-order valence-electron chi connectivity index (χ2n) is 4.31. The molecule has 116 valence electrons. The monoisotopic (exact) mass is 321 g/mol. The quantitative estimate of drug-likeness (QED) is 0.571. The van der Waals surface area contributed by atoms with Gasteiger partial charge in [0.15, 0.2) is 0 Å². The standard InChI is InChI=1S/C13H14F3NO3S/c14-13(15,16)21-11-4-1-9(2-5-11)7-10(17-8-18)3-6-12(19)20/h1-2,4-5,8,10H,3,6-7H2,(H,17,18)(H,19,20). The first kappa shape index (κ1) is 17.4. The van der Waals surface area contributed by atoms with Gasteiger partial charge in [0.1, 0.15) is 0 Å². The molecule has 0 fully saturated rings. The summed E-state index contributed by atoms with van der Waals surface area (Å²) in [5, 5.41) is 11.1. The largest absolute Gasteiger partial charge is 0.481 e. The molecular weight excluding hydrogens is 307 g/mol. The first-order valence-corrected chi connectivity index (χ1v) is 6.88. The number of nitrogens with one attached hydrogen (secondary N) is 1. The molecule has 1 atom stereocenters. The van der Waals surface area contributed by atoms with E-state index in [0.29, 0.717) is 12.8 Å². The van der Waals surface area contributed by atoms with Crippen LogP contribution in [0.25, 0.3) is 0 Å². The third-order valence-electron chi connectivity index (χ3n) is 2.65. The second-order valence-corrected chi connectivity index (χ2v) is 5.45. The minimum absolute atomic E-state index is 0.0803. The van der Waals surface area contributed by atoms with Crippen LogP contribution in [0.3, 0.4) is 0 Å². The maximum atomic E-state index is 12.2. The molecule has 21 heavy (non-hydrogen) atoms. The fourth-order valence-corrected chi connectivity index (χ4v) is 2.29. The molecule has 0 aliphatic heterocycles. The molecule has 0 bridgehead atoms. The average Bonchev–Trinajstić information content (AvgIpc) is 2.37. The summed E-state index contributed by atoms with van der Waals surface area (Å²) in [6.07, 6.45) is 1.02. The number of benzene rings is 1. The summed E-state index contributed by atoms with van der Waals surface area (Å²) in [6, 6.07) is 5.41. The highest BCUT2D eigenvalue weighted by Gasteiger charge is 2.29. The van der Waals surface area contributed by atoms with Crippen molar-refractivity contribution in [2.45, 2.75) is 35.7 Å². The van der Waals surface area contributed by atoms with Crippen molar-refractivity contribution >= 4 is 24.1 Å². The van der Waals surface area contributed by atoms with Gasteiger partial charge >= 0.3 is 11.5 Å². The van der Waals surface area contributed by atoms with Gasteiger partial charge in [-0.05, 0) is 42.3 Å². The van der Waals surface area contributed by atoms with Gasteiger partial charge in [-0.3, -0.25) is 9.59 Å². The van der Waals surface area contributed by atoms with E-state index < -0.39 is 11.5 Å². The molecule has 0 saturated carbocycles. The van der Waals surface area contributed by atoms with Gasteiger partial charge < -0.3 is 10.4 Å². The van der Waals surface area contributed by atoms with E-state index >= 15 is 0 Å². The smallest absolute Gasteiger partial charge is 0.446 e. The minimum atomic E-state index is -4.33. The van der Waals surface area contributed by atoms with Gasteiger partial charge in [0.2, 0.25) is 6.41 Å². The third-order valence-corrected chi connectivity index (χ3v) is 3.39. The number of thioether (sulfide) groups is 1. The lowest BCUT2D eigenvalue weighted by Crippen LogP contribution is -2.30. The van der Waals surface area contributed by atoms with Crippen LogP contribution in [-0.2, 0) is 16.0 Å². The molecule has 1 aromatic carbocycles. The Labute approximate surface area is 123 Å². The van der Waals surface area contributed by atoms with E-state index in [-0.39, 0.29) is 35.5 Å². The predicted molar refractivity (Wildman–Crippen MR) is 71.9 cm³/mol. The van der Waals surface area contributed by atoms with E-state index in [4.69, 9.17) is 5.11 Å². The SMILES string of the molecule is O=CNC(CCC(=O)O)Cc1ccc(SC(F)(F)F)cc1. The number of aliphatic carboxylic acids is 1. The summed E-state index contributed by atoms with van der Waals surface area (Å²) in [6.45, 7) is 0. The van der Waals surface area contributed by atoms with E-state index in [1.807, 2.05) is 0 Å². The molecule has 1 amide bonds. The Morgan fingerprint density at radius 1 is 1.33 bits per heavy atom. The maximum Gasteiger partial charge on any atom is 0.446 e. The van der Waals surface area contributed by atoms with Gasteiger partial charge in [-0.2, -0.15) is 13.2 Å². The maximum absolute atomic E-state index is 12.2. The van der Waals surface area contributed by atoms with Crippen molar-refractivity contribution in [3.63, 3.8) is 0 Å². The summed E-state index contributed by atoms with van der Waals surface area (Å²) < 4.78 is 36.6. The van der Waals surface area contributed by atoms with Gasteiger partial charge in [-0.15, -0.1) is 0 Å². The molecular formula is C13H14F3NO3S. The van der Waals surface area contributed by atoms with E-state index in [9.17, 15) is 22.8 Å². The average molecular weight is 321 g/mol. The zero-order valence-corrected chi connectivity index (χ0v) is 11.7. The number of amides is 1. The molecule has 8 heteroatoms. The Morgan fingerprint density at radius 2 is 1.95 bits per heavy atom. The summed E-state index contributed by atoms with van der Waals surface area (Å²) >= 11 is -0.197. The molecule has 0 heterocycles. The number of hydrogen-bond donors (Lipinski definition) is 2. The molecule has 1 aromatic rings. The van der Waals surface area contributed by atoms with Crippen LogP contribution in [-0.4, -0.2) is 29.0 Å². The van der Waals surface area contributed by atoms with Crippen molar-refractivity contribution in [3.8, 4) is 0 Å². The molecule has 1 rings (SSSR count). The normalized spacial score (nSPS) is 12.7. The zero-order chi connectivity index (χ0) is 15.9. The van der Waals surface area contributed by atoms with Crippen molar-refractivity contribution in [2.75, 3.05) is 0 Å². The molecule has 4 nitrogen and oxygen atoms in total. The highest BCUT2D eigenvalue weighted by Crippen LogP contribution is 2.36. The van der Waals surface area contributed by atoms with E-state index in [2.05, 4.69) is 5.32 Å². The van der Waals surface area contributed by atoms with Crippen LogP contribution < -0.4 is 5.32 Å². The molecule has 2 N–H and O–H groups in total. The summed E-state index contributed by atoms with van der Waals surface area (Å²) in [4.78, 5) is 21.1. The Bertz CT molecular complexity index is 477. The molecule has 0 saturated heterocycles. The van der Waals surface area contributed by atoms with Crippen LogP contribution in [0.2, 0.25) is 0 Å². The highest BCUT2D eigenvalue weighted by atomic mass is 32.2. The number of carbonyl (C=O) groups is 2. The Morgan fingerprint density at radius 3 is 2.43 bits per heavy atom. The number of carboxylic acids is 1. The number of alkyl halides is 3. The molecule has 0 aliphatic carbocycles. The first-order chi connectivity index (χ1) is 9.80. The number of halogens is 3. The van der Waals surface area contributed by atoms with Gasteiger partial charge in [0.25, 0.3) is 0 Å². The van der Waals surface area contributed by atoms with Gasteiger partial charge in [-0.1, -0.05) is 12.1 Å². The lowest BCUT2D eigenvalue weighted by molar-refractivity contribution is -0.137. The molecule has 0 aromatic heterocycles. The van der Waals surface area contributed by atoms with Gasteiger partial charge in [0.05, 0.1) is 0 Å². The van der Waals surface area contributed by atoms with Crippen LogP contribution in [0.4, 0.5) is 13.2 Å². The number of hydrogen-bond acceptors (Lipinski definition) is 3. The van der Waals surface area contributed by atoms with E-state index in [0.717, 1.165) is 5.56 Å². The van der Waals surface area contributed by atoms with Crippen molar-refractivity contribution in [1.82, 2.24) is 5.32 Å². The van der Waals surface area contributed by atoms with Gasteiger partial charge in [0, 0.05) is 17.4 Å². The van der Waals surface area contributed by atoms with E-state index in [1.54, 1.807) is 0 Å². The van der Waals surface area contributed by atoms with Crippen molar-refractivity contribution in [1.29, 1.82) is 0 Å². The summed E-state index contributed by atoms with van der Waals surface area (Å²) in [5.74, 6) is -0.968. The fourth-order valence-electron chi connectivity index (χ4n) is 1.75. The fraction of sp³-hybridized carbons (Fsp3) is 0.385. The lowest BCUT2D eigenvalue weighted by Gasteiger charge is -2.15. The van der Waals surface area contributed by atoms with Crippen molar-refractivity contribution in [3.05, 3.63) is 29.8 Å². The van der Waals surface area contributed by atoms with Crippen molar-refractivity contribution in [2.24, 2.45) is 0 Å². The Balaban J connectivity index is 2.62. The second kappa shape index (κ2) is 7.92. The first-order valence-electron chi connectivity index (χ1n) is 6.06. The Kier molecular flexibility index (Phi) is 6.54. The van der Waals surface area contributed by atoms with Crippen LogP contribution in [0.5, 0.6) is 0 Å². The van der Waals surface area contributed by atoms with Crippen LogP contribution >= 0.6 is 11.8 Å². The minimum Gasteiger partial charge on any atom is -0.481 e. The van der Waals surface area contributed by atoms with Crippen LogP contribution in [0.15, 0.2) is 29.2 Å². The Hall–Kier alpha value is -1.70. The topological polar surface area (TPSA) is 66.4 Å². The molecule has 0 radical (unpaired) electrons. The number of rotatable bonds is 8. The van der Waals surface area contributed by atoms with Gasteiger partial charge in [-0.25, -0.2) is 0 Å². The van der Waals surface area contributed by atoms with E-state index in [1.165, 1.54) is 24.3 Å². The van der Waals surface area contributed by atoms with Crippen LogP contribution in [0.1, 0.15) is 18.4 Å². The highest BCUT2D eigenvalue weighted by molar-refractivity contribution is 8.00. The third kappa shape index (κ3) is 7.60. The van der Waals surface area contributed by atoms with Crippen molar-refractivity contribution < 1.29 is 27.9 Å². The molecule has 1 unspecified atom stereocenters. The summed E-state index contributed by atoms with van der Waals surface area (Å²) in [5.41, 5.74) is -3.60. The van der Waals surface area contributed by atoms with Crippen LogP contribution in [0, 0.1) is 0 Å². The predicted octanol–water partition coefficient (Wildman–Crippen LogP) is 2.82. The summed E-state index contributed by atoms with van der Waals surface area (Å²) in [7, 11) is 0. The zero-order valence-electron chi connectivity index (χ0n) is 10.9. The number of carboxylic acid groups (broad SMARTS) is 1. The molecule has 0 aliphatic rings. The molecule has 0 spiro atoms. The number of carbonyl (C=O) groups excluding carboxylic acids is 1.